The van der Waals surface area contributed by atoms with Gasteiger partial charge in [0.05, 0.1) is 5.75 Å². The highest BCUT2D eigenvalue weighted by Gasteiger charge is 2.15. The lowest BCUT2D eigenvalue weighted by Crippen LogP contribution is -2.30. The van der Waals surface area contributed by atoms with Crippen molar-refractivity contribution in [2.24, 2.45) is 0 Å². The molecule has 0 unspecified atom stereocenters. The molecule has 3 amide bonds. The highest BCUT2D eigenvalue weighted by molar-refractivity contribution is 8.00. The number of benzene rings is 6. The molecule has 6 rings (SSSR count). The average Bonchev–Trinajstić information content (AvgIpc) is 3.12. The second-order valence-electron chi connectivity index (χ2n) is 10.7. The van der Waals surface area contributed by atoms with Gasteiger partial charge in [0, 0.05) is 21.8 Å². The van der Waals surface area contributed by atoms with Gasteiger partial charge in [0.1, 0.15) is 5.70 Å². The predicted molar refractivity (Wildman–Crippen MR) is 192 cm³/mol. The molecule has 0 atom stereocenters. The van der Waals surface area contributed by atoms with E-state index in [9.17, 15) is 14.4 Å². The molecule has 0 bridgehead atoms. The largest absolute Gasteiger partial charge is 0.325 e. The molecule has 6 aromatic rings. The van der Waals surface area contributed by atoms with Gasteiger partial charge < -0.3 is 16.0 Å². The third kappa shape index (κ3) is 8.42. The second kappa shape index (κ2) is 14.9. The van der Waals surface area contributed by atoms with Gasteiger partial charge in [0.15, 0.2) is 0 Å². The van der Waals surface area contributed by atoms with Gasteiger partial charge in [0.2, 0.25) is 5.91 Å². The summed E-state index contributed by atoms with van der Waals surface area (Å²) < 4.78 is 0. The first-order valence-corrected chi connectivity index (χ1v) is 16.1. The Morgan fingerprint density at radius 2 is 1.19 bits per heavy atom. The molecular weight excluding hydrogens is 603 g/mol. The van der Waals surface area contributed by atoms with E-state index in [1.165, 1.54) is 11.8 Å². The molecule has 7 heteroatoms. The van der Waals surface area contributed by atoms with Gasteiger partial charge in [-0.2, -0.15) is 0 Å². The van der Waals surface area contributed by atoms with E-state index in [2.05, 4.69) is 16.0 Å². The van der Waals surface area contributed by atoms with Crippen molar-refractivity contribution in [3.05, 3.63) is 168 Å². The van der Waals surface area contributed by atoms with Crippen LogP contribution in [0.25, 0.3) is 28.0 Å². The Bertz CT molecular complexity index is 2040. The zero-order valence-corrected chi connectivity index (χ0v) is 26.2. The van der Waals surface area contributed by atoms with Crippen LogP contribution in [0.4, 0.5) is 11.4 Å². The van der Waals surface area contributed by atoms with E-state index in [1.54, 1.807) is 42.5 Å². The maximum Gasteiger partial charge on any atom is 0.272 e. The van der Waals surface area contributed by atoms with E-state index < -0.39 is 5.91 Å². The Labute approximate surface area is 277 Å². The van der Waals surface area contributed by atoms with Gasteiger partial charge in [-0.15, -0.1) is 11.8 Å². The summed E-state index contributed by atoms with van der Waals surface area (Å²) in [6.07, 6.45) is 1.66. The van der Waals surface area contributed by atoms with Crippen LogP contribution in [-0.2, 0) is 9.59 Å². The summed E-state index contributed by atoms with van der Waals surface area (Å²) in [5.74, 6) is -0.721. The number of anilines is 2. The molecular formula is C40H31N3O3S. The highest BCUT2D eigenvalue weighted by Crippen LogP contribution is 2.24. The Morgan fingerprint density at radius 1 is 0.574 bits per heavy atom. The molecule has 0 aliphatic carbocycles. The van der Waals surface area contributed by atoms with Crippen LogP contribution in [0.1, 0.15) is 15.9 Å². The van der Waals surface area contributed by atoms with Crippen molar-refractivity contribution in [1.82, 2.24) is 5.32 Å². The van der Waals surface area contributed by atoms with Crippen molar-refractivity contribution in [3.8, 4) is 11.1 Å². The number of hydrogen-bond acceptors (Lipinski definition) is 4. The van der Waals surface area contributed by atoms with Crippen LogP contribution in [0.5, 0.6) is 0 Å². The molecule has 0 aliphatic heterocycles. The van der Waals surface area contributed by atoms with E-state index in [0.29, 0.717) is 11.3 Å². The Hall–Kier alpha value is -5.92. The summed E-state index contributed by atoms with van der Waals surface area (Å²) in [4.78, 5) is 40.0. The van der Waals surface area contributed by atoms with E-state index in [0.717, 1.165) is 38.0 Å². The van der Waals surface area contributed by atoms with Gasteiger partial charge >= 0.3 is 0 Å². The molecule has 0 radical (unpaired) electrons. The first-order chi connectivity index (χ1) is 23.0. The maximum atomic E-state index is 13.5. The van der Waals surface area contributed by atoms with Crippen molar-refractivity contribution in [2.75, 3.05) is 16.4 Å². The number of fused-ring (bicyclic) bond motifs is 1. The summed E-state index contributed by atoms with van der Waals surface area (Å²) in [5.41, 5.74) is 4.75. The van der Waals surface area contributed by atoms with Gasteiger partial charge in [-0.25, -0.2) is 0 Å². The van der Waals surface area contributed by atoms with Crippen LogP contribution in [0, 0.1) is 0 Å². The molecule has 47 heavy (non-hydrogen) atoms. The molecule has 0 aliphatic rings. The normalized spacial score (nSPS) is 11.1. The number of amides is 3. The molecule has 0 saturated heterocycles. The molecule has 0 saturated carbocycles. The summed E-state index contributed by atoms with van der Waals surface area (Å²) in [7, 11) is 0. The third-order valence-electron chi connectivity index (χ3n) is 7.37. The SMILES string of the molecule is O=C(CSc1ccc(NC(=O)/C(=C/c2ccc(-c3ccccc3)cc2)NC(=O)c2ccccc2)cc1)Nc1ccc2ccccc2c1. The van der Waals surface area contributed by atoms with Crippen LogP contribution in [0.2, 0.25) is 0 Å². The van der Waals surface area contributed by atoms with Gasteiger partial charge in [-0.05, 0) is 82.1 Å². The molecule has 0 fully saturated rings. The van der Waals surface area contributed by atoms with Gasteiger partial charge in [-0.3, -0.25) is 14.4 Å². The summed E-state index contributed by atoms with van der Waals surface area (Å²) >= 11 is 1.40. The molecule has 0 aromatic heterocycles. The second-order valence-corrected chi connectivity index (χ2v) is 11.8. The molecule has 0 heterocycles. The minimum absolute atomic E-state index is 0.107. The summed E-state index contributed by atoms with van der Waals surface area (Å²) in [6, 6.07) is 47.6. The quantitative estimate of drug-likeness (QED) is 0.104. The van der Waals surface area contributed by atoms with E-state index in [4.69, 9.17) is 0 Å². The zero-order valence-electron chi connectivity index (χ0n) is 25.4. The fourth-order valence-corrected chi connectivity index (χ4v) is 5.66. The van der Waals surface area contributed by atoms with Crippen molar-refractivity contribution in [3.63, 3.8) is 0 Å². The van der Waals surface area contributed by atoms with E-state index >= 15 is 0 Å². The number of thioether (sulfide) groups is 1. The molecule has 6 nitrogen and oxygen atoms in total. The monoisotopic (exact) mass is 633 g/mol. The topological polar surface area (TPSA) is 87.3 Å². The van der Waals surface area contributed by atoms with Crippen LogP contribution in [0.15, 0.2) is 162 Å². The lowest BCUT2D eigenvalue weighted by atomic mass is 10.0. The van der Waals surface area contributed by atoms with Crippen LogP contribution < -0.4 is 16.0 Å². The van der Waals surface area contributed by atoms with Crippen molar-refractivity contribution >= 4 is 57.7 Å². The standard InChI is InChI=1S/C40H31N3O3S/c44-38(41-35-20-19-30-11-7-8-14-33(30)26-35)27-47-36-23-21-34(22-24-36)42-40(46)37(43-39(45)32-12-5-2-6-13-32)25-28-15-17-31(18-16-28)29-9-3-1-4-10-29/h1-26H,27H2,(H,41,44)(H,42,46)(H,43,45)/b37-25-. The number of rotatable bonds is 10. The predicted octanol–water partition coefficient (Wildman–Crippen LogP) is 8.65. The lowest BCUT2D eigenvalue weighted by molar-refractivity contribution is -0.114. The van der Waals surface area contributed by atoms with Crippen molar-refractivity contribution < 1.29 is 14.4 Å². The van der Waals surface area contributed by atoms with Gasteiger partial charge in [0.25, 0.3) is 11.8 Å². The van der Waals surface area contributed by atoms with Crippen molar-refractivity contribution in [1.29, 1.82) is 0 Å². The highest BCUT2D eigenvalue weighted by atomic mass is 32.2. The average molecular weight is 634 g/mol. The Kier molecular flexibility index (Phi) is 9.86. The minimum Gasteiger partial charge on any atom is -0.325 e. The molecule has 0 spiro atoms. The number of carbonyl (C=O) groups is 3. The molecule has 6 aromatic carbocycles. The number of carbonyl (C=O) groups excluding carboxylic acids is 3. The molecule has 3 N–H and O–H groups in total. The first kappa shape index (κ1) is 31.1. The Morgan fingerprint density at radius 3 is 1.91 bits per heavy atom. The van der Waals surface area contributed by atoms with E-state index in [1.807, 2.05) is 115 Å². The lowest BCUT2D eigenvalue weighted by Gasteiger charge is -2.12. The smallest absolute Gasteiger partial charge is 0.272 e. The van der Waals surface area contributed by atoms with Crippen LogP contribution in [0.3, 0.4) is 0 Å². The van der Waals surface area contributed by atoms with Gasteiger partial charge in [-0.1, -0.05) is 103 Å². The first-order valence-electron chi connectivity index (χ1n) is 15.1. The number of hydrogen-bond donors (Lipinski definition) is 3. The zero-order chi connectivity index (χ0) is 32.4. The Balaban J connectivity index is 1.11. The maximum absolute atomic E-state index is 13.5. The van der Waals surface area contributed by atoms with Crippen LogP contribution >= 0.6 is 11.8 Å². The molecule has 230 valence electrons. The van der Waals surface area contributed by atoms with E-state index in [-0.39, 0.29) is 23.3 Å². The fourth-order valence-electron chi connectivity index (χ4n) is 4.96. The third-order valence-corrected chi connectivity index (χ3v) is 8.38. The van der Waals surface area contributed by atoms with Crippen LogP contribution in [-0.4, -0.2) is 23.5 Å². The minimum atomic E-state index is -0.461. The fraction of sp³-hybridized carbons (Fsp3) is 0.0250. The summed E-state index contributed by atoms with van der Waals surface area (Å²) in [6.45, 7) is 0. The number of nitrogens with one attached hydrogen (secondary N) is 3. The van der Waals surface area contributed by atoms with Crippen molar-refractivity contribution in [2.45, 2.75) is 4.90 Å². The summed E-state index contributed by atoms with van der Waals surface area (Å²) in [5, 5.41) is 10.8.